The maximum Gasteiger partial charge on any atom is 0.319 e. The SMILES string of the molecule is CC(C)(C)[Si](Oc1ccc2c(c1)CC[C@@H]1[C@@H]2CC[C@]2(C)[C@@H](O[Si](c3ccccc3)(c3ccccc3)C(C)(C)C)CC[C@@H]12)(c1ccccc1)c1ccccc1. The van der Waals surface area contributed by atoms with E-state index in [1.54, 1.807) is 5.56 Å². The van der Waals surface area contributed by atoms with E-state index in [4.69, 9.17) is 8.85 Å². The highest BCUT2D eigenvalue weighted by Crippen LogP contribution is 2.62. The van der Waals surface area contributed by atoms with Crippen molar-refractivity contribution in [3.63, 3.8) is 0 Å². The Hall–Kier alpha value is -3.71. The molecule has 8 rings (SSSR count). The molecule has 2 fully saturated rings. The quantitative estimate of drug-likeness (QED) is 0.147. The van der Waals surface area contributed by atoms with Gasteiger partial charge in [-0.2, -0.15) is 0 Å². The van der Waals surface area contributed by atoms with Crippen LogP contribution in [0.1, 0.15) is 97.6 Å². The summed E-state index contributed by atoms with van der Waals surface area (Å²) in [6, 6.07) is 51.8. The van der Waals surface area contributed by atoms with Crippen molar-refractivity contribution in [3.8, 4) is 5.75 Å². The maximum absolute atomic E-state index is 7.95. The fraction of sp³-hybridized carbons (Fsp3) is 0.400. The summed E-state index contributed by atoms with van der Waals surface area (Å²) in [7, 11) is -5.34. The van der Waals surface area contributed by atoms with E-state index in [2.05, 4.69) is 188 Å². The van der Waals surface area contributed by atoms with Crippen LogP contribution in [-0.2, 0) is 10.8 Å². The Labute approximate surface area is 327 Å². The Morgan fingerprint density at radius 3 is 1.52 bits per heavy atom. The van der Waals surface area contributed by atoms with E-state index in [-0.39, 0.29) is 21.6 Å². The van der Waals surface area contributed by atoms with Crippen LogP contribution in [-0.4, -0.2) is 22.7 Å². The van der Waals surface area contributed by atoms with Gasteiger partial charge in [-0.25, -0.2) is 0 Å². The zero-order valence-corrected chi connectivity index (χ0v) is 35.6. The van der Waals surface area contributed by atoms with Crippen LogP contribution in [0.3, 0.4) is 0 Å². The minimum absolute atomic E-state index is 0.0145. The third-order valence-corrected chi connectivity index (χ3v) is 24.0. The summed E-state index contributed by atoms with van der Waals surface area (Å²) in [5.41, 5.74) is 3.27. The number of fused-ring (bicyclic) bond motifs is 5. The van der Waals surface area contributed by atoms with Gasteiger partial charge in [-0.1, -0.05) is 176 Å². The average molecular weight is 749 g/mol. The molecule has 0 aromatic heterocycles. The molecule has 0 aliphatic heterocycles. The first-order valence-electron chi connectivity index (χ1n) is 20.6. The zero-order valence-electron chi connectivity index (χ0n) is 33.6. The molecule has 5 atom stereocenters. The average Bonchev–Trinajstić information content (AvgIpc) is 3.51. The number of benzene rings is 5. The molecule has 0 spiro atoms. The molecule has 0 heterocycles. The molecule has 2 saturated carbocycles. The maximum atomic E-state index is 7.95. The zero-order chi connectivity index (χ0) is 37.8. The molecule has 5 aromatic carbocycles. The molecular formula is C50H60O2Si2. The van der Waals surface area contributed by atoms with E-state index in [1.807, 2.05) is 0 Å². The van der Waals surface area contributed by atoms with Gasteiger partial charge >= 0.3 is 8.32 Å². The van der Waals surface area contributed by atoms with Gasteiger partial charge in [0.05, 0.1) is 6.10 Å². The Bertz CT molecular complexity index is 1950. The lowest BCUT2D eigenvalue weighted by Gasteiger charge is -2.53. The van der Waals surface area contributed by atoms with Gasteiger partial charge in [-0.3, -0.25) is 0 Å². The lowest BCUT2D eigenvalue weighted by Crippen LogP contribution is -2.68. The van der Waals surface area contributed by atoms with Crippen LogP contribution < -0.4 is 25.2 Å². The lowest BCUT2D eigenvalue weighted by molar-refractivity contribution is -0.0149. The Balaban J connectivity index is 1.10. The van der Waals surface area contributed by atoms with Crippen molar-refractivity contribution < 1.29 is 8.85 Å². The predicted molar refractivity (Wildman–Crippen MR) is 232 cm³/mol. The van der Waals surface area contributed by atoms with E-state index < -0.39 is 16.6 Å². The van der Waals surface area contributed by atoms with Crippen LogP contribution in [0.2, 0.25) is 10.1 Å². The first-order valence-corrected chi connectivity index (χ1v) is 24.4. The molecule has 0 bridgehead atoms. The number of hydrogen-bond donors (Lipinski definition) is 0. The number of hydrogen-bond acceptors (Lipinski definition) is 2. The second kappa shape index (κ2) is 14.1. The van der Waals surface area contributed by atoms with Crippen LogP contribution in [0.5, 0.6) is 5.75 Å². The van der Waals surface area contributed by atoms with Gasteiger partial charge < -0.3 is 8.85 Å². The standard InChI is InChI=1S/C50H60O2Si2/c1-48(2,3)53(39-20-12-8-13-21-39,40-22-14-9-15-23-40)51-38-29-31-43-37(36-38)28-30-45-44(43)34-35-50(7)46(45)32-33-47(50)52-54(49(4,5)6,41-24-16-10-17-25-41)42-26-18-11-19-27-42/h8-27,29,31,36,44-47H,28,30,32-35H2,1-7H3/t44-,45-,46+,47+,50+/m1/s1. The smallest absolute Gasteiger partial charge is 0.319 e. The van der Waals surface area contributed by atoms with Crippen molar-refractivity contribution in [1.82, 2.24) is 0 Å². The minimum atomic E-state index is -2.70. The normalized spacial score (nSPS) is 24.3. The molecule has 0 amide bonds. The van der Waals surface area contributed by atoms with Gasteiger partial charge in [0.1, 0.15) is 5.75 Å². The highest BCUT2D eigenvalue weighted by Gasteiger charge is 2.60. The second-order valence-electron chi connectivity index (χ2n) is 18.9. The molecule has 3 aliphatic carbocycles. The highest BCUT2D eigenvalue weighted by atomic mass is 28.4. The molecule has 2 nitrogen and oxygen atoms in total. The fourth-order valence-electron chi connectivity index (χ4n) is 11.5. The topological polar surface area (TPSA) is 18.5 Å². The van der Waals surface area contributed by atoms with Crippen molar-refractivity contribution in [2.45, 2.75) is 109 Å². The van der Waals surface area contributed by atoms with Crippen molar-refractivity contribution in [2.75, 3.05) is 0 Å². The lowest BCUT2D eigenvalue weighted by atomic mass is 9.55. The molecule has 54 heavy (non-hydrogen) atoms. The Morgan fingerprint density at radius 1 is 0.556 bits per heavy atom. The van der Waals surface area contributed by atoms with E-state index in [9.17, 15) is 0 Å². The van der Waals surface area contributed by atoms with E-state index >= 15 is 0 Å². The first kappa shape index (κ1) is 37.2. The number of rotatable bonds is 8. The summed E-state index contributed by atoms with van der Waals surface area (Å²) in [6.45, 7) is 17.0. The monoisotopic (exact) mass is 748 g/mol. The number of aryl methyl sites for hydroxylation is 1. The molecular weight excluding hydrogens is 689 g/mol. The summed E-state index contributed by atoms with van der Waals surface area (Å²) in [4.78, 5) is 0. The van der Waals surface area contributed by atoms with Gasteiger partial charge in [0.2, 0.25) is 0 Å². The summed E-state index contributed by atoms with van der Waals surface area (Å²) >= 11 is 0. The predicted octanol–water partition coefficient (Wildman–Crippen LogP) is 10.4. The second-order valence-corrected chi connectivity index (χ2v) is 27.4. The fourth-order valence-corrected chi connectivity index (χ4v) is 20.7. The first-order chi connectivity index (χ1) is 25.9. The minimum Gasteiger partial charge on any atom is -0.534 e. The van der Waals surface area contributed by atoms with Crippen molar-refractivity contribution >= 4 is 37.4 Å². The molecule has 4 heteroatoms. The summed E-state index contributed by atoms with van der Waals surface area (Å²) in [6.07, 6.45) is 7.53. The van der Waals surface area contributed by atoms with Crippen molar-refractivity contribution in [1.29, 1.82) is 0 Å². The summed E-state index contributed by atoms with van der Waals surface area (Å²) in [5, 5.41) is 5.35. The van der Waals surface area contributed by atoms with Gasteiger partial charge in [0.15, 0.2) is 0 Å². The summed E-state index contributed by atoms with van der Waals surface area (Å²) in [5.74, 6) is 3.02. The highest BCUT2D eigenvalue weighted by molar-refractivity contribution is 7.00. The molecule has 0 N–H and O–H groups in total. The van der Waals surface area contributed by atoms with Crippen LogP contribution in [0.25, 0.3) is 0 Å². The molecule has 0 radical (unpaired) electrons. The van der Waals surface area contributed by atoms with Crippen LogP contribution in [0, 0.1) is 17.3 Å². The molecule has 5 aromatic rings. The molecule has 3 aliphatic rings. The van der Waals surface area contributed by atoms with E-state index in [0.717, 1.165) is 18.6 Å². The Kier molecular flexibility index (Phi) is 9.72. The molecule has 0 saturated heterocycles. The van der Waals surface area contributed by atoms with Crippen molar-refractivity contribution in [3.05, 3.63) is 151 Å². The van der Waals surface area contributed by atoms with Crippen molar-refractivity contribution in [2.24, 2.45) is 17.3 Å². The van der Waals surface area contributed by atoms with Gasteiger partial charge in [-0.05, 0) is 116 Å². The van der Waals surface area contributed by atoms with E-state index in [0.29, 0.717) is 17.8 Å². The molecule has 280 valence electrons. The largest absolute Gasteiger partial charge is 0.534 e. The third kappa shape index (κ3) is 6.08. The van der Waals surface area contributed by atoms with Gasteiger partial charge in [0.25, 0.3) is 8.32 Å². The Morgan fingerprint density at radius 2 is 1.04 bits per heavy atom. The van der Waals surface area contributed by atoms with Gasteiger partial charge in [0, 0.05) is 0 Å². The van der Waals surface area contributed by atoms with Crippen LogP contribution in [0.4, 0.5) is 0 Å². The third-order valence-electron chi connectivity index (χ3n) is 14.0. The van der Waals surface area contributed by atoms with E-state index in [1.165, 1.54) is 52.0 Å². The molecule has 0 unspecified atom stereocenters. The van der Waals surface area contributed by atoms with Crippen LogP contribution >= 0.6 is 0 Å². The summed E-state index contributed by atoms with van der Waals surface area (Å²) < 4.78 is 15.5. The van der Waals surface area contributed by atoms with Crippen LogP contribution in [0.15, 0.2) is 140 Å². The van der Waals surface area contributed by atoms with Gasteiger partial charge in [-0.15, -0.1) is 0 Å².